The first kappa shape index (κ1) is 16.8. The van der Waals surface area contributed by atoms with Crippen LogP contribution < -0.4 is 5.32 Å². The zero-order valence-electron chi connectivity index (χ0n) is 8.21. The minimum Gasteiger partial charge on any atom is -0.317 e. The average molecular weight is 251 g/mol. The zero-order valence-corrected chi connectivity index (χ0v) is 9.84. The van der Waals surface area contributed by atoms with Gasteiger partial charge in [0.1, 0.15) is 0 Å². The van der Waals surface area contributed by atoms with Crippen LogP contribution in [0.2, 0.25) is 0 Å². The Labute approximate surface area is 96.2 Å². The Balaban J connectivity index is 0. The number of hydrogen-bond donors (Lipinski definition) is 1. The van der Waals surface area contributed by atoms with E-state index in [4.69, 9.17) is 0 Å². The van der Waals surface area contributed by atoms with Crippen molar-refractivity contribution in [3.8, 4) is 0 Å². The van der Waals surface area contributed by atoms with Crippen LogP contribution >= 0.6 is 24.8 Å². The summed E-state index contributed by atoms with van der Waals surface area (Å²) in [5, 5.41) is 3.21. The molecule has 0 saturated carbocycles. The quantitative estimate of drug-likeness (QED) is 0.822. The standard InChI is InChI=1S/C8H16F2N2.2ClH/c1-12(6-8(9)10)7-2-4-11-5-3-7;;/h7-8,11H,2-6H2,1H3;2*1H. The van der Waals surface area contributed by atoms with Crippen molar-refractivity contribution in [3.05, 3.63) is 0 Å². The molecule has 0 aliphatic carbocycles. The molecule has 1 heterocycles. The van der Waals surface area contributed by atoms with E-state index in [1.54, 1.807) is 11.9 Å². The lowest BCUT2D eigenvalue weighted by molar-refractivity contribution is 0.0726. The minimum absolute atomic E-state index is 0. The number of nitrogens with one attached hydrogen (secondary N) is 1. The van der Waals surface area contributed by atoms with E-state index in [0.29, 0.717) is 6.04 Å². The Morgan fingerprint density at radius 1 is 1.29 bits per heavy atom. The van der Waals surface area contributed by atoms with Crippen LogP contribution in [0.5, 0.6) is 0 Å². The van der Waals surface area contributed by atoms with Crippen molar-refractivity contribution in [1.29, 1.82) is 0 Å². The molecule has 0 unspecified atom stereocenters. The third kappa shape index (κ3) is 5.96. The van der Waals surface area contributed by atoms with Gasteiger partial charge in [-0.05, 0) is 33.0 Å². The maximum absolute atomic E-state index is 12.0. The number of piperidine rings is 1. The van der Waals surface area contributed by atoms with Crippen molar-refractivity contribution in [1.82, 2.24) is 10.2 Å². The number of alkyl halides is 2. The Morgan fingerprint density at radius 2 is 1.79 bits per heavy atom. The summed E-state index contributed by atoms with van der Waals surface area (Å²) < 4.78 is 24.0. The van der Waals surface area contributed by atoms with Crippen LogP contribution in [0.1, 0.15) is 12.8 Å². The molecule has 1 fully saturated rings. The molecule has 0 aromatic rings. The predicted molar refractivity (Wildman–Crippen MR) is 59.0 cm³/mol. The largest absolute Gasteiger partial charge is 0.317 e. The van der Waals surface area contributed by atoms with E-state index in [0.717, 1.165) is 25.9 Å². The Hall–Kier alpha value is 0.360. The first-order valence-corrected chi connectivity index (χ1v) is 4.39. The molecule has 6 heteroatoms. The van der Waals surface area contributed by atoms with Crippen LogP contribution in [0.15, 0.2) is 0 Å². The van der Waals surface area contributed by atoms with Gasteiger partial charge in [-0.1, -0.05) is 0 Å². The molecule has 1 aliphatic heterocycles. The van der Waals surface area contributed by atoms with Crippen LogP contribution in [-0.2, 0) is 0 Å². The fourth-order valence-corrected chi connectivity index (χ4v) is 1.61. The van der Waals surface area contributed by atoms with Gasteiger partial charge in [-0.25, -0.2) is 8.78 Å². The van der Waals surface area contributed by atoms with Gasteiger partial charge < -0.3 is 5.32 Å². The summed E-state index contributed by atoms with van der Waals surface area (Å²) in [6, 6.07) is 0.347. The third-order valence-electron chi connectivity index (χ3n) is 2.36. The lowest BCUT2D eigenvalue weighted by atomic mass is 10.1. The Kier molecular flexibility index (Phi) is 10.4. The molecule has 0 atom stereocenters. The molecule has 0 aromatic carbocycles. The highest BCUT2D eigenvalue weighted by Crippen LogP contribution is 2.10. The van der Waals surface area contributed by atoms with E-state index in [9.17, 15) is 8.78 Å². The van der Waals surface area contributed by atoms with Gasteiger partial charge in [0.05, 0.1) is 6.54 Å². The maximum Gasteiger partial charge on any atom is 0.251 e. The number of nitrogens with zero attached hydrogens (tertiary/aromatic N) is 1. The third-order valence-corrected chi connectivity index (χ3v) is 2.36. The summed E-state index contributed by atoms with van der Waals surface area (Å²) >= 11 is 0. The van der Waals surface area contributed by atoms with Gasteiger partial charge in [-0.15, -0.1) is 24.8 Å². The summed E-state index contributed by atoms with van der Waals surface area (Å²) in [5.41, 5.74) is 0. The number of halogens is 4. The normalized spacial score (nSPS) is 17.8. The highest BCUT2D eigenvalue weighted by molar-refractivity contribution is 5.85. The van der Waals surface area contributed by atoms with E-state index >= 15 is 0 Å². The van der Waals surface area contributed by atoms with Gasteiger partial charge in [0, 0.05) is 6.04 Å². The molecular weight excluding hydrogens is 233 g/mol. The van der Waals surface area contributed by atoms with Crippen molar-refractivity contribution in [2.24, 2.45) is 0 Å². The second-order valence-electron chi connectivity index (χ2n) is 3.31. The van der Waals surface area contributed by atoms with Crippen LogP contribution in [0, 0.1) is 0 Å². The van der Waals surface area contributed by atoms with Gasteiger partial charge in [0.2, 0.25) is 0 Å². The van der Waals surface area contributed by atoms with E-state index in [1.807, 2.05) is 0 Å². The highest BCUT2D eigenvalue weighted by atomic mass is 35.5. The van der Waals surface area contributed by atoms with E-state index in [1.165, 1.54) is 0 Å². The minimum atomic E-state index is -2.20. The summed E-state index contributed by atoms with van der Waals surface area (Å²) in [6.45, 7) is 1.82. The molecule has 0 bridgehead atoms. The zero-order chi connectivity index (χ0) is 8.97. The van der Waals surface area contributed by atoms with Crippen LogP contribution in [0.4, 0.5) is 8.78 Å². The Morgan fingerprint density at radius 3 is 2.21 bits per heavy atom. The smallest absolute Gasteiger partial charge is 0.251 e. The summed E-state index contributed by atoms with van der Waals surface area (Å²) in [4.78, 5) is 1.77. The van der Waals surface area contributed by atoms with Crippen molar-refractivity contribution >= 4 is 24.8 Å². The van der Waals surface area contributed by atoms with Crippen molar-refractivity contribution in [3.63, 3.8) is 0 Å². The highest BCUT2D eigenvalue weighted by Gasteiger charge is 2.19. The number of rotatable bonds is 3. The number of hydrogen-bond acceptors (Lipinski definition) is 2. The van der Waals surface area contributed by atoms with E-state index < -0.39 is 6.43 Å². The van der Waals surface area contributed by atoms with Gasteiger partial charge in [-0.3, -0.25) is 4.90 Å². The average Bonchev–Trinajstić information content (AvgIpc) is 2.05. The summed E-state index contributed by atoms with van der Waals surface area (Å²) in [6.07, 6.45) is -0.225. The molecule has 0 aromatic heterocycles. The van der Waals surface area contributed by atoms with Crippen LogP contribution in [0.3, 0.4) is 0 Å². The molecule has 0 spiro atoms. The molecule has 0 radical (unpaired) electrons. The van der Waals surface area contributed by atoms with Gasteiger partial charge in [0.15, 0.2) is 0 Å². The fraction of sp³-hybridized carbons (Fsp3) is 1.00. The SMILES string of the molecule is CN(CC(F)F)C1CCNCC1.Cl.Cl. The van der Waals surface area contributed by atoms with Gasteiger partial charge in [0.25, 0.3) is 6.43 Å². The lowest BCUT2D eigenvalue weighted by Crippen LogP contribution is -2.42. The second-order valence-corrected chi connectivity index (χ2v) is 3.31. The van der Waals surface area contributed by atoms with Gasteiger partial charge in [-0.2, -0.15) is 0 Å². The Bertz CT molecular complexity index is 133. The van der Waals surface area contributed by atoms with Crippen LogP contribution in [-0.4, -0.2) is 44.0 Å². The molecule has 1 N–H and O–H groups in total. The van der Waals surface area contributed by atoms with Crippen molar-refractivity contribution in [2.45, 2.75) is 25.3 Å². The maximum atomic E-state index is 12.0. The van der Waals surface area contributed by atoms with E-state index in [2.05, 4.69) is 5.32 Å². The predicted octanol–water partition coefficient (Wildman–Crippen LogP) is 1.78. The molecule has 88 valence electrons. The van der Waals surface area contributed by atoms with E-state index in [-0.39, 0.29) is 31.4 Å². The molecule has 1 saturated heterocycles. The molecule has 1 aliphatic rings. The molecular formula is C8H18Cl2F2N2. The topological polar surface area (TPSA) is 15.3 Å². The summed E-state index contributed by atoms with van der Waals surface area (Å²) in [5.74, 6) is 0. The van der Waals surface area contributed by atoms with Crippen molar-refractivity contribution in [2.75, 3.05) is 26.7 Å². The lowest BCUT2D eigenvalue weighted by Gasteiger charge is -2.31. The van der Waals surface area contributed by atoms with Gasteiger partial charge >= 0.3 is 0 Å². The second kappa shape index (κ2) is 8.65. The fourth-order valence-electron chi connectivity index (χ4n) is 1.61. The molecule has 14 heavy (non-hydrogen) atoms. The monoisotopic (exact) mass is 250 g/mol. The van der Waals surface area contributed by atoms with Crippen molar-refractivity contribution < 1.29 is 8.78 Å². The first-order chi connectivity index (χ1) is 5.70. The molecule has 1 rings (SSSR count). The molecule has 2 nitrogen and oxygen atoms in total. The summed E-state index contributed by atoms with van der Waals surface area (Å²) in [7, 11) is 1.78. The molecule has 0 amide bonds. The first-order valence-electron chi connectivity index (χ1n) is 4.39. The van der Waals surface area contributed by atoms with Crippen LogP contribution in [0.25, 0.3) is 0 Å².